The van der Waals surface area contributed by atoms with E-state index in [1.165, 1.54) is 24.3 Å². The van der Waals surface area contributed by atoms with Gasteiger partial charge in [0.25, 0.3) is 5.91 Å². The van der Waals surface area contributed by atoms with Crippen LogP contribution in [0, 0.1) is 0 Å². The summed E-state index contributed by atoms with van der Waals surface area (Å²) in [5.74, 6) is -1.18. The summed E-state index contributed by atoms with van der Waals surface area (Å²) in [4.78, 5) is 27.0. The van der Waals surface area contributed by atoms with Gasteiger partial charge in [0.15, 0.2) is 0 Å². The smallest absolute Gasteiger partial charge is 0.253 e. The summed E-state index contributed by atoms with van der Waals surface area (Å²) in [6.45, 7) is -0.444. The topological polar surface area (TPSA) is 133 Å². The number of para-hydroxylation sites is 1. The molecule has 0 radical (unpaired) electrons. The van der Waals surface area contributed by atoms with Gasteiger partial charge in [0.05, 0.1) is 21.0 Å². The number of carbonyl (C=O) groups excluding carboxylic acids is 2. The Bertz CT molecular complexity index is 1820. The van der Waals surface area contributed by atoms with Gasteiger partial charge in [0.2, 0.25) is 26.0 Å². The van der Waals surface area contributed by atoms with Gasteiger partial charge in [-0.15, -0.1) is 0 Å². The third kappa shape index (κ3) is 6.89. The average molecular weight is 633 g/mol. The standard InChI is InChI=1S/C32H32N4O6S2/c37-31(33-21-20-25-12-4-1-5-13-25)28-18-10-11-19-29(28)34-32(38)30-24-35(43(39,40)26-14-6-2-7-15-26)22-23-36(30)44(41,42)27-16-8-3-9-17-27/h1-19,30H,20-24H2,(H,33,37)(H,34,38)/t30-/m0/s1. The molecule has 1 atom stereocenters. The first-order valence-corrected chi connectivity index (χ1v) is 16.9. The molecular weight excluding hydrogens is 601 g/mol. The van der Waals surface area contributed by atoms with E-state index in [0.29, 0.717) is 13.0 Å². The number of benzene rings is 4. The highest BCUT2D eigenvalue weighted by Gasteiger charge is 2.43. The highest BCUT2D eigenvalue weighted by Crippen LogP contribution is 2.26. The van der Waals surface area contributed by atoms with Crippen LogP contribution < -0.4 is 10.6 Å². The number of nitrogens with one attached hydrogen (secondary N) is 2. The van der Waals surface area contributed by atoms with Crippen LogP contribution in [-0.4, -0.2) is 69.5 Å². The van der Waals surface area contributed by atoms with E-state index in [0.717, 1.165) is 14.2 Å². The van der Waals surface area contributed by atoms with Gasteiger partial charge in [-0.2, -0.15) is 8.61 Å². The number of nitrogens with zero attached hydrogens (tertiary/aromatic N) is 2. The van der Waals surface area contributed by atoms with E-state index < -0.39 is 44.4 Å². The lowest BCUT2D eigenvalue weighted by atomic mass is 10.1. The van der Waals surface area contributed by atoms with Gasteiger partial charge in [-0.3, -0.25) is 9.59 Å². The maximum Gasteiger partial charge on any atom is 0.253 e. The first-order valence-electron chi connectivity index (χ1n) is 14.0. The summed E-state index contributed by atoms with van der Waals surface area (Å²) >= 11 is 0. The Balaban J connectivity index is 1.40. The first-order chi connectivity index (χ1) is 21.2. The highest BCUT2D eigenvalue weighted by atomic mass is 32.2. The monoisotopic (exact) mass is 632 g/mol. The normalized spacial score (nSPS) is 16.2. The SMILES string of the molecule is O=C(NCCc1ccccc1)c1ccccc1NC(=O)[C@@H]1CN(S(=O)(=O)c2ccccc2)CCN1S(=O)(=O)c1ccccc1. The number of amides is 2. The molecule has 0 unspecified atom stereocenters. The van der Waals surface area contributed by atoms with Crippen LogP contribution in [0.1, 0.15) is 15.9 Å². The van der Waals surface area contributed by atoms with Gasteiger partial charge in [0, 0.05) is 26.2 Å². The van der Waals surface area contributed by atoms with Gasteiger partial charge in [-0.25, -0.2) is 16.8 Å². The van der Waals surface area contributed by atoms with E-state index in [9.17, 15) is 26.4 Å². The molecule has 4 aromatic carbocycles. The van der Waals surface area contributed by atoms with Crippen LogP contribution in [0.5, 0.6) is 0 Å². The van der Waals surface area contributed by atoms with Crippen molar-refractivity contribution in [1.29, 1.82) is 0 Å². The summed E-state index contributed by atoms with van der Waals surface area (Å²) in [7, 11) is -8.20. The van der Waals surface area contributed by atoms with Gasteiger partial charge >= 0.3 is 0 Å². The second-order valence-corrected chi connectivity index (χ2v) is 14.0. The van der Waals surface area contributed by atoms with E-state index in [4.69, 9.17) is 0 Å². The number of hydrogen-bond donors (Lipinski definition) is 2. The van der Waals surface area contributed by atoms with Crippen LogP contribution in [0.3, 0.4) is 0 Å². The zero-order chi connectivity index (χ0) is 31.2. The number of sulfonamides is 2. The van der Waals surface area contributed by atoms with Crippen molar-refractivity contribution in [2.45, 2.75) is 22.3 Å². The summed E-state index contributed by atoms with van der Waals surface area (Å²) in [6, 6.07) is 30.1. The molecule has 0 aromatic heterocycles. The summed E-state index contributed by atoms with van der Waals surface area (Å²) < 4.78 is 56.5. The van der Waals surface area contributed by atoms with Gasteiger partial charge in [-0.1, -0.05) is 78.9 Å². The molecule has 1 aliphatic heterocycles. The third-order valence-corrected chi connectivity index (χ3v) is 11.1. The fraction of sp³-hybridized carbons (Fsp3) is 0.188. The largest absolute Gasteiger partial charge is 0.352 e. The molecule has 1 fully saturated rings. The molecule has 0 spiro atoms. The van der Waals surface area contributed by atoms with Gasteiger partial charge < -0.3 is 10.6 Å². The van der Waals surface area contributed by atoms with Gasteiger partial charge in [-0.05, 0) is 48.4 Å². The number of carbonyl (C=O) groups is 2. The van der Waals surface area contributed by atoms with E-state index in [2.05, 4.69) is 10.6 Å². The van der Waals surface area contributed by atoms with Crippen molar-refractivity contribution in [3.05, 3.63) is 126 Å². The summed E-state index contributed by atoms with van der Waals surface area (Å²) in [6.07, 6.45) is 0.612. The Kier molecular flexibility index (Phi) is 9.55. The zero-order valence-corrected chi connectivity index (χ0v) is 25.4. The molecule has 0 bridgehead atoms. The minimum absolute atomic E-state index is 0.0182. The quantitative estimate of drug-likeness (QED) is 0.276. The Morgan fingerprint density at radius 3 is 1.86 bits per heavy atom. The second-order valence-electron chi connectivity index (χ2n) is 10.1. The predicted octanol–water partition coefficient (Wildman–Crippen LogP) is 3.36. The molecule has 0 saturated carbocycles. The zero-order valence-electron chi connectivity index (χ0n) is 23.7. The molecule has 10 nitrogen and oxygen atoms in total. The van der Waals surface area contributed by atoms with E-state index >= 15 is 0 Å². The molecule has 44 heavy (non-hydrogen) atoms. The average Bonchev–Trinajstić information content (AvgIpc) is 3.06. The second kappa shape index (κ2) is 13.5. The van der Waals surface area contributed by atoms with Crippen LogP contribution in [0.15, 0.2) is 125 Å². The van der Waals surface area contributed by atoms with Crippen LogP contribution in [0.25, 0.3) is 0 Å². The Morgan fingerprint density at radius 1 is 0.682 bits per heavy atom. The predicted molar refractivity (Wildman–Crippen MR) is 167 cm³/mol. The number of anilines is 1. The van der Waals surface area contributed by atoms with Crippen LogP contribution >= 0.6 is 0 Å². The van der Waals surface area contributed by atoms with Crippen LogP contribution in [0.2, 0.25) is 0 Å². The van der Waals surface area contributed by atoms with Crippen LogP contribution in [-0.2, 0) is 31.3 Å². The highest BCUT2D eigenvalue weighted by molar-refractivity contribution is 7.89. The fourth-order valence-electron chi connectivity index (χ4n) is 5.00. The molecule has 1 saturated heterocycles. The van der Waals surface area contributed by atoms with E-state index in [1.807, 2.05) is 30.3 Å². The summed E-state index contributed by atoms with van der Waals surface area (Å²) in [5, 5.41) is 5.56. The van der Waals surface area contributed by atoms with Crippen molar-refractivity contribution in [2.75, 3.05) is 31.5 Å². The lowest BCUT2D eigenvalue weighted by Gasteiger charge is -2.39. The van der Waals surface area contributed by atoms with Crippen molar-refractivity contribution < 1.29 is 26.4 Å². The third-order valence-electron chi connectivity index (χ3n) is 7.30. The molecular formula is C32H32N4O6S2. The lowest BCUT2D eigenvalue weighted by Crippen LogP contribution is -2.60. The van der Waals surface area contributed by atoms with Crippen LogP contribution in [0.4, 0.5) is 5.69 Å². The Labute approximate surface area is 257 Å². The molecule has 4 aromatic rings. The Morgan fingerprint density at radius 2 is 1.23 bits per heavy atom. The fourth-order valence-corrected chi connectivity index (χ4v) is 8.05. The maximum atomic E-state index is 13.9. The molecule has 0 aliphatic carbocycles. The van der Waals surface area contributed by atoms with E-state index in [-0.39, 0.29) is 34.1 Å². The van der Waals surface area contributed by atoms with Gasteiger partial charge in [0.1, 0.15) is 6.04 Å². The van der Waals surface area contributed by atoms with Crippen molar-refractivity contribution in [2.24, 2.45) is 0 Å². The first kappa shape index (κ1) is 31.1. The van der Waals surface area contributed by atoms with Crippen molar-refractivity contribution >= 4 is 37.5 Å². The minimum Gasteiger partial charge on any atom is -0.352 e. The van der Waals surface area contributed by atoms with Crippen molar-refractivity contribution in [1.82, 2.24) is 13.9 Å². The molecule has 1 aliphatic rings. The molecule has 228 valence electrons. The molecule has 2 N–H and O–H groups in total. The van der Waals surface area contributed by atoms with E-state index in [1.54, 1.807) is 60.7 Å². The number of rotatable bonds is 10. The lowest BCUT2D eigenvalue weighted by molar-refractivity contribution is -0.120. The number of hydrogen-bond acceptors (Lipinski definition) is 6. The maximum absolute atomic E-state index is 13.9. The number of piperazine rings is 1. The minimum atomic E-state index is -4.18. The van der Waals surface area contributed by atoms with Crippen molar-refractivity contribution in [3.8, 4) is 0 Å². The van der Waals surface area contributed by atoms with Crippen molar-refractivity contribution in [3.63, 3.8) is 0 Å². The molecule has 1 heterocycles. The molecule has 12 heteroatoms. The molecule has 2 amide bonds. The molecule has 5 rings (SSSR count). The Hall–Kier alpha value is -4.36. The summed E-state index contributed by atoms with van der Waals surface area (Å²) in [5.41, 5.74) is 1.42.